The zero-order valence-electron chi connectivity index (χ0n) is 20.4. The molecule has 0 unspecified atom stereocenters. The Labute approximate surface area is 203 Å². The first-order valence-electron chi connectivity index (χ1n) is 12.5. The molecule has 0 radical (unpaired) electrons. The SMILES string of the molecule is CNc1cccc2c1CC(=O)C(C(=O)/C=C/Cc1ccccc1C/C(C)=C\C1CCCCC1)=C2. The lowest BCUT2D eigenvalue weighted by Crippen LogP contribution is -2.18. The molecule has 1 fully saturated rings. The minimum atomic E-state index is -0.212. The first kappa shape index (κ1) is 23.9. The van der Waals surface area contributed by atoms with Crippen molar-refractivity contribution in [3.05, 3.63) is 94.1 Å². The molecule has 4 rings (SSSR count). The van der Waals surface area contributed by atoms with Crippen LogP contribution in [-0.4, -0.2) is 18.6 Å². The van der Waals surface area contributed by atoms with Crippen LogP contribution in [0.1, 0.15) is 61.3 Å². The zero-order chi connectivity index (χ0) is 23.9. The Hall–Kier alpha value is -3.20. The van der Waals surface area contributed by atoms with Crippen molar-refractivity contribution < 1.29 is 9.59 Å². The van der Waals surface area contributed by atoms with Crippen LogP contribution in [-0.2, 0) is 28.9 Å². The second kappa shape index (κ2) is 11.3. The highest BCUT2D eigenvalue weighted by atomic mass is 16.1. The molecule has 2 aliphatic rings. The number of nitrogens with one attached hydrogen (secondary N) is 1. The number of Topliss-reactive ketones (excluding diaryl/α,β-unsaturated/α-hetero) is 1. The smallest absolute Gasteiger partial charge is 0.189 e. The molecule has 2 aliphatic carbocycles. The van der Waals surface area contributed by atoms with Crippen LogP contribution in [0.25, 0.3) is 6.08 Å². The molecule has 176 valence electrons. The summed E-state index contributed by atoms with van der Waals surface area (Å²) in [5, 5.41) is 3.13. The molecule has 0 atom stereocenters. The number of rotatable bonds is 8. The van der Waals surface area contributed by atoms with E-state index in [0.717, 1.165) is 29.2 Å². The average Bonchev–Trinajstić information content (AvgIpc) is 2.84. The highest BCUT2D eigenvalue weighted by molar-refractivity contribution is 6.28. The molecule has 0 heterocycles. The van der Waals surface area contributed by atoms with Gasteiger partial charge in [-0.25, -0.2) is 0 Å². The molecule has 3 heteroatoms. The van der Waals surface area contributed by atoms with Gasteiger partial charge in [0.15, 0.2) is 11.6 Å². The first-order chi connectivity index (χ1) is 16.5. The number of carbonyl (C=O) groups is 2. The minimum absolute atomic E-state index is 0.117. The maximum atomic E-state index is 12.8. The standard InChI is InChI=1S/C31H35NO2/c1-22(18-23-10-4-3-5-11-23)19-25-13-7-6-12-24(25)14-9-17-30(33)28-20-26-15-8-16-29(32-2)27(26)21-31(28)34/h6-9,12-13,15-18,20,23,32H,3-5,10-11,14,19,21H2,1-2H3/b17-9+,22-18-. The summed E-state index contributed by atoms with van der Waals surface area (Å²) in [5.41, 5.74) is 7.08. The van der Waals surface area contributed by atoms with Crippen LogP contribution in [0.2, 0.25) is 0 Å². The maximum absolute atomic E-state index is 12.8. The third kappa shape index (κ3) is 5.83. The second-order valence-electron chi connectivity index (χ2n) is 9.61. The van der Waals surface area contributed by atoms with Gasteiger partial charge in [0.25, 0.3) is 0 Å². The van der Waals surface area contributed by atoms with Crippen molar-refractivity contribution in [1.29, 1.82) is 0 Å². The lowest BCUT2D eigenvalue weighted by Gasteiger charge is -2.19. The normalized spacial score (nSPS) is 16.9. The quantitative estimate of drug-likeness (QED) is 0.276. The summed E-state index contributed by atoms with van der Waals surface area (Å²) in [4.78, 5) is 25.5. The van der Waals surface area contributed by atoms with Crippen molar-refractivity contribution in [2.75, 3.05) is 12.4 Å². The molecule has 0 saturated heterocycles. The molecule has 0 spiro atoms. The van der Waals surface area contributed by atoms with Crippen LogP contribution in [0, 0.1) is 5.92 Å². The molecule has 2 aromatic carbocycles. The molecule has 3 nitrogen and oxygen atoms in total. The summed E-state index contributed by atoms with van der Waals surface area (Å²) in [6, 6.07) is 14.3. The van der Waals surface area contributed by atoms with Gasteiger partial charge < -0.3 is 5.32 Å². The van der Waals surface area contributed by atoms with E-state index in [1.54, 1.807) is 12.2 Å². The fraction of sp³-hybridized carbons (Fsp3) is 0.355. The third-order valence-corrected chi connectivity index (χ3v) is 7.05. The van der Waals surface area contributed by atoms with E-state index in [4.69, 9.17) is 0 Å². The van der Waals surface area contributed by atoms with Crippen molar-refractivity contribution in [3.63, 3.8) is 0 Å². The van der Waals surface area contributed by atoms with Crippen LogP contribution in [0.15, 0.2) is 71.8 Å². The Morgan fingerprint density at radius 3 is 2.56 bits per heavy atom. The summed E-state index contributed by atoms with van der Waals surface area (Å²) in [5.74, 6) is 0.402. The largest absolute Gasteiger partial charge is 0.388 e. The lowest BCUT2D eigenvalue weighted by atomic mass is 9.87. The van der Waals surface area contributed by atoms with E-state index >= 15 is 0 Å². The Morgan fingerprint density at radius 2 is 1.79 bits per heavy atom. The predicted molar refractivity (Wildman–Crippen MR) is 141 cm³/mol. The number of benzene rings is 2. The molecular formula is C31H35NO2. The monoisotopic (exact) mass is 453 g/mol. The van der Waals surface area contributed by atoms with E-state index in [9.17, 15) is 9.59 Å². The Kier molecular flexibility index (Phi) is 7.95. The number of hydrogen-bond donors (Lipinski definition) is 1. The van der Waals surface area contributed by atoms with Gasteiger partial charge in [0, 0.05) is 19.2 Å². The van der Waals surface area contributed by atoms with Crippen LogP contribution >= 0.6 is 0 Å². The van der Waals surface area contributed by atoms with Gasteiger partial charge in [0.2, 0.25) is 0 Å². The van der Waals surface area contributed by atoms with Crippen molar-refractivity contribution in [3.8, 4) is 0 Å². The van der Waals surface area contributed by atoms with Crippen molar-refractivity contribution in [2.45, 2.75) is 58.3 Å². The van der Waals surface area contributed by atoms with Gasteiger partial charge in [0.1, 0.15) is 0 Å². The van der Waals surface area contributed by atoms with E-state index in [1.807, 2.05) is 31.3 Å². The molecule has 0 aromatic heterocycles. The Bertz CT molecular complexity index is 1150. The van der Waals surface area contributed by atoms with Crippen LogP contribution < -0.4 is 5.32 Å². The molecular weight excluding hydrogens is 418 g/mol. The van der Waals surface area contributed by atoms with Crippen molar-refractivity contribution in [2.24, 2.45) is 5.92 Å². The number of anilines is 1. The van der Waals surface area contributed by atoms with Gasteiger partial charge in [-0.05, 0) is 79.0 Å². The molecule has 0 amide bonds. The predicted octanol–water partition coefficient (Wildman–Crippen LogP) is 6.67. The Balaban J connectivity index is 1.43. The number of ketones is 2. The van der Waals surface area contributed by atoms with E-state index in [1.165, 1.54) is 48.8 Å². The van der Waals surface area contributed by atoms with Crippen LogP contribution in [0.4, 0.5) is 5.69 Å². The molecule has 1 N–H and O–H groups in total. The highest BCUT2D eigenvalue weighted by Gasteiger charge is 2.24. The summed E-state index contributed by atoms with van der Waals surface area (Å²) in [6.07, 6.45) is 16.3. The molecule has 0 aliphatic heterocycles. The average molecular weight is 454 g/mol. The fourth-order valence-corrected chi connectivity index (χ4v) is 5.25. The summed E-state index contributed by atoms with van der Waals surface area (Å²) in [6.45, 7) is 2.24. The maximum Gasteiger partial charge on any atom is 0.189 e. The van der Waals surface area contributed by atoms with Crippen LogP contribution in [0.3, 0.4) is 0 Å². The number of hydrogen-bond acceptors (Lipinski definition) is 3. The van der Waals surface area contributed by atoms with Crippen molar-refractivity contribution in [1.82, 2.24) is 0 Å². The van der Waals surface area contributed by atoms with Gasteiger partial charge in [-0.2, -0.15) is 0 Å². The first-order valence-corrected chi connectivity index (χ1v) is 12.5. The summed E-state index contributed by atoms with van der Waals surface area (Å²) in [7, 11) is 1.85. The Morgan fingerprint density at radius 1 is 1.03 bits per heavy atom. The lowest BCUT2D eigenvalue weighted by molar-refractivity contribution is -0.119. The summed E-state index contributed by atoms with van der Waals surface area (Å²) < 4.78 is 0. The van der Waals surface area contributed by atoms with Crippen LogP contribution in [0.5, 0.6) is 0 Å². The van der Waals surface area contributed by atoms with Gasteiger partial charge in [-0.3, -0.25) is 9.59 Å². The number of carbonyl (C=O) groups excluding carboxylic acids is 2. The van der Waals surface area contributed by atoms with E-state index in [2.05, 4.69) is 42.6 Å². The molecule has 0 bridgehead atoms. The number of allylic oxidation sites excluding steroid dienone is 5. The minimum Gasteiger partial charge on any atom is -0.388 e. The summed E-state index contributed by atoms with van der Waals surface area (Å²) >= 11 is 0. The fourth-order valence-electron chi connectivity index (χ4n) is 5.25. The van der Waals surface area contributed by atoms with Gasteiger partial charge >= 0.3 is 0 Å². The zero-order valence-corrected chi connectivity index (χ0v) is 20.4. The van der Waals surface area contributed by atoms with Gasteiger partial charge in [0.05, 0.1) is 5.57 Å². The topological polar surface area (TPSA) is 46.2 Å². The van der Waals surface area contributed by atoms with E-state index < -0.39 is 0 Å². The second-order valence-corrected chi connectivity index (χ2v) is 9.61. The van der Waals surface area contributed by atoms with Crippen molar-refractivity contribution >= 4 is 23.3 Å². The number of fused-ring (bicyclic) bond motifs is 1. The molecule has 2 aromatic rings. The third-order valence-electron chi connectivity index (χ3n) is 7.05. The van der Waals surface area contributed by atoms with E-state index in [-0.39, 0.29) is 23.6 Å². The van der Waals surface area contributed by atoms with E-state index in [0.29, 0.717) is 6.42 Å². The molecule has 1 saturated carbocycles. The van der Waals surface area contributed by atoms with Gasteiger partial charge in [-0.15, -0.1) is 0 Å². The highest BCUT2D eigenvalue weighted by Crippen LogP contribution is 2.29. The van der Waals surface area contributed by atoms with Gasteiger partial charge in [-0.1, -0.05) is 73.4 Å². The molecule has 34 heavy (non-hydrogen) atoms.